The highest BCUT2D eigenvalue weighted by molar-refractivity contribution is 6.28. The fourth-order valence-corrected chi connectivity index (χ4v) is 0.983. The van der Waals surface area contributed by atoms with E-state index in [0.717, 1.165) is 0 Å². The van der Waals surface area contributed by atoms with Crippen LogP contribution in [0.2, 0.25) is 5.28 Å². The summed E-state index contributed by atoms with van der Waals surface area (Å²) in [5, 5.41) is 8.52. The summed E-state index contributed by atoms with van der Waals surface area (Å²) in [6.45, 7) is 3.60. The van der Waals surface area contributed by atoms with E-state index in [1.807, 2.05) is 0 Å². The number of aromatic carboxylic acids is 1. The average Bonchev–Trinajstić information content (AvgIpc) is 2.01. The number of aromatic nitrogens is 2. The average molecular weight is 217 g/mol. The number of hydrogen-bond donors (Lipinski definition) is 1. The molecule has 14 heavy (non-hydrogen) atoms. The van der Waals surface area contributed by atoms with Gasteiger partial charge in [0.1, 0.15) is 0 Å². The van der Waals surface area contributed by atoms with Gasteiger partial charge in [-0.1, -0.05) is 0 Å². The van der Waals surface area contributed by atoms with Gasteiger partial charge in [-0.05, 0) is 25.4 Å². The Morgan fingerprint density at radius 2 is 2.21 bits per heavy atom. The molecule has 0 unspecified atom stereocenters. The number of carboxylic acid groups (broad SMARTS) is 1. The third kappa shape index (κ3) is 2.85. The van der Waals surface area contributed by atoms with Crippen molar-refractivity contribution >= 4 is 17.6 Å². The molecule has 0 spiro atoms. The third-order valence-corrected chi connectivity index (χ3v) is 1.42. The molecule has 0 aromatic carbocycles. The Hall–Kier alpha value is -1.36. The zero-order valence-corrected chi connectivity index (χ0v) is 8.45. The maximum absolute atomic E-state index is 10.6. The summed E-state index contributed by atoms with van der Waals surface area (Å²) in [6.07, 6.45) is -0.0948. The number of carboxylic acids is 1. The molecule has 0 amide bonds. The number of hydrogen-bond acceptors (Lipinski definition) is 4. The van der Waals surface area contributed by atoms with Crippen molar-refractivity contribution in [2.45, 2.75) is 20.0 Å². The first kappa shape index (κ1) is 10.7. The van der Waals surface area contributed by atoms with Crippen molar-refractivity contribution in [2.24, 2.45) is 0 Å². The minimum absolute atomic E-state index is 0.0948. The summed E-state index contributed by atoms with van der Waals surface area (Å²) >= 11 is 5.51. The molecule has 0 atom stereocenters. The Morgan fingerprint density at radius 1 is 1.57 bits per heavy atom. The Bertz CT molecular complexity index is 354. The van der Waals surface area contributed by atoms with Crippen molar-refractivity contribution in [2.75, 3.05) is 0 Å². The number of nitrogens with zero attached hydrogens (tertiary/aromatic N) is 2. The molecule has 0 saturated carbocycles. The van der Waals surface area contributed by atoms with Crippen molar-refractivity contribution in [1.29, 1.82) is 0 Å². The molecule has 6 heteroatoms. The first-order chi connectivity index (χ1) is 6.49. The summed E-state index contributed by atoms with van der Waals surface area (Å²) in [6, 6.07) is 1.23. The van der Waals surface area contributed by atoms with Gasteiger partial charge < -0.3 is 9.84 Å². The number of ether oxygens (including phenoxy) is 1. The topological polar surface area (TPSA) is 72.3 Å². The van der Waals surface area contributed by atoms with Crippen molar-refractivity contribution < 1.29 is 14.6 Å². The highest BCUT2D eigenvalue weighted by Crippen LogP contribution is 2.13. The molecule has 1 aromatic heterocycles. The van der Waals surface area contributed by atoms with E-state index in [4.69, 9.17) is 21.4 Å². The smallest absolute Gasteiger partial charge is 0.354 e. The molecule has 0 aliphatic heterocycles. The Labute approximate surface area is 85.7 Å². The van der Waals surface area contributed by atoms with Crippen LogP contribution in [0.4, 0.5) is 0 Å². The molecule has 1 rings (SSSR count). The summed E-state index contributed by atoms with van der Waals surface area (Å²) in [7, 11) is 0. The van der Waals surface area contributed by atoms with E-state index in [2.05, 4.69) is 9.97 Å². The fourth-order valence-electron chi connectivity index (χ4n) is 0.808. The monoisotopic (exact) mass is 216 g/mol. The van der Waals surface area contributed by atoms with Gasteiger partial charge in [-0.25, -0.2) is 9.78 Å². The lowest BCUT2D eigenvalue weighted by Gasteiger charge is -2.08. The van der Waals surface area contributed by atoms with Gasteiger partial charge in [0.25, 0.3) is 0 Å². The van der Waals surface area contributed by atoms with Gasteiger partial charge in [-0.15, -0.1) is 0 Å². The quantitative estimate of drug-likeness (QED) is 0.778. The van der Waals surface area contributed by atoms with Gasteiger partial charge in [0.15, 0.2) is 5.69 Å². The molecular weight excluding hydrogens is 208 g/mol. The fraction of sp³-hybridized carbons (Fsp3) is 0.375. The molecule has 1 N–H and O–H groups in total. The van der Waals surface area contributed by atoms with Crippen LogP contribution in [0.5, 0.6) is 5.88 Å². The van der Waals surface area contributed by atoms with Gasteiger partial charge >= 0.3 is 5.97 Å². The minimum Gasteiger partial charge on any atom is -0.477 e. The van der Waals surface area contributed by atoms with Gasteiger partial charge in [0.05, 0.1) is 6.10 Å². The largest absolute Gasteiger partial charge is 0.477 e. The second-order valence-corrected chi connectivity index (χ2v) is 3.17. The van der Waals surface area contributed by atoms with E-state index in [1.165, 1.54) is 6.07 Å². The van der Waals surface area contributed by atoms with Crippen LogP contribution in [0.1, 0.15) is 24.3 Å². The van der Waals surface area contributed by atoms with Crippen molar-refractivity contribution in [3.8, 4) is 5.88 Å². The highest BCUT2D eigenvalue weighted by Gasteiger charge is 2.10. The van der Waals surface area contributed by atoms with Crippen molar-refractivity contribution in [3.05, 3.63) is 17.0 Å². The highest BCUT2D eigenvalue weighted by atomic mass is 35.5. The Kier molecular flexibility index (Phi) is 3.24. The molecule has 0 fully saturated rings. The molecule has 0 aliphatic rings. The summed E-state index contributed by atoms with van der Waals surface area (Å²) in [5.41, 5.74) is -0.180. The summed E-state index contributed by atoms with van der Waals surface area (Å²) in [4.78, 5) is 17.8. The number of halogens is 1. The lowest BCUT2D eigenvalue weighted by molar-refractivity contribution is 0.0689. The van der Waals surface area contributed by atoms with E-state index >= 15 is 0 Å². The molecule has 0 radical (unpaired) electrons. The maximum Gasteiger partial charge on any atom is 0.354 e. The van der Waals surface area contributed by atoms with Crippen molar-refractivity contribution in [1.82, 2.24) is 9.97 Å². The van der Waals surface area contributed by atoms with E-state index in [9.17, 15) is 4.79 Å². The van der Waals surface area contributed by atoms with Gasteiger partial charge in [0.2, 0.25) is 11.2 Å². The van der Waals surface area contributed by atoms with Crippen LogP contribution in [0.3, 0.4) is 0 Å². The van der Waals surface area contributed by atoms with E-state index in [-0.39, 0.29) is 23.0 Å². The van der Waals surface area contributed by atoms with E-state index in [0.29, 0.717) is 0 Å². The van der Waals surface area contributed by atoms with Crippen LogP contribution in [-0.4, -0.2) is 27.1 Å². The van der Waals surface area contributed by atoms with Crippen LogP contribution >= 0.6 is 11.6 Å². The summed E-state index contributed by atoms with van der Waals surface area (Å²) < 4.78 is 5.19. The van der Waals surface area contributed by atoms with Gasteiger partial charge in [-0.3, -0.25) is 0 Å². The predicted molar refractivity (Wildman–Crippen MR) is 49.8 cm³/mol. The minimum atomic E-state index is -1.16. The Balaban J connectivity index is 3.01. The lowest BCUT2D eigenvalue weighted by atomic mass is 10.4. The molecule has 76 valence electrons. The molecule has 1 aromatic rings. The molecule has 5 nitrogen and oxygen atoms in total. The second-order valence-electron chi connectivity index (χ2n) is 2.83. The van der Waals surface area contributed by atoms with E-state index in [1.54, 1.807) is 13.8 Å². The molecule has 0 saturated heterocycles. The first-order valence-electron chi connectivity index (χ1n) is 3.93. The number of rotatable bonds is 3. The SMILES string of the molecule is CC(C)Oc1cc(C(=O)O)nc(Cl)n1. The second kappa shape index (κ2) is 4.23. The predicted octanol–water partition coefficient (Wildman–Crippen LogP) is 1.62. The molecule has 1 heterocycles. The standard InChI is InChI=1S/C8H9ClN2O3/c1-4(2)14-6-3-5(7(12)13)10-8(9)11-6/h3-4H,1-2H3,(H,12,13). The van der Waals surface area contributed by atoms with E-state index < -0.39 is 5.97 Å². The summed E-state index contributed by atoms with van der Waals surface area (Å²) in [5.74, 6) is -1.000. The first-order valence-corrected chi connectivity index (χ1v) is 4.31. The maximum atomic E-state index is 10.6. The Morgan fingerprint density at radius 3 is 2.71 bits per heavy atom. The zero-order chi connectivity index (χ0) is 10.7. The van der Waals surface area contributed by atoms with Gasteiger partial charge in [0, 0.05) is 6.07 Å². The number of carbonyl (C=O) groups is 1. The zero-order valence-electron chi connectivity index (χ0n) is 7.69. The molecular formula is C8H9ClN2O3. The van der Waals surface area contributed by atoms with Crippen molar-refractivity contribution in [3.63, 3.8) is 0 Å². The van der Waals surface area contributed by atoms with Crippen LogP contribution < -0.4 is 4.74 Å². The van der Waals surface area contributed by atoms with Crippen LogP contribution in [-0.2, 0) is 0 Å². The normalized spacial score (nSPS) is 10.3. The third-order valence-electron chi connectivity index (χ3n) is 1.25. The lowest BCUT2D eigenvalue weighted by Crippen LogP contribution is -2.09. The molecule has 0 aliphatic carbocycles. The van der Waals surface area contributed by atoms with Crippen LogP contribution in [0, 0.1) is 0 Å². The van der Waals surface area contributed by atoms with Crippen LogP contribution in [0.25, 0.3) is 0 Å². The molecule has 0 bridgehead atoms. The van der Waals surface area contributed by atoms with Crippen LogP contribution in [0.15, 0.2) is 6.07 Å². The van der Waals surface area contributed by atoms with Gasteiger partial charge in [-0.2, -0.15) is 4.98 Å².